The molecule has 0 atom stereocenters. The van der Waals surface area contributed by atoms with Crippen LogP contribution in [0.15, 0.2) is 91.5 Å². The number of allylic oxidation sites excluding steroid dienone is 1. The highest BCUT2D eigenvalue weighted by molar-refractivity contribution is 5.91. The third kappa shape index (κ3) is 3.19. The fourth-order valence-corrected chi connectivity index (χ4v) is 3.32. The van der Waals surface area contributed by atoms with Crippen LogP contribution < -0.4 is 0 Å². The van der Waals surface area contributed by atoms with Crippen molar-refractivity contribution in [1.82, 2.24) is 0 Å². The summed E-state index contributed by atoms with van der Waals surface area (Å²) in [6.45, 7) is 8.22. The summed E-state index contributed by atoms with van der Waals surface area (Å²) >= 11 is 0. The highest BCUT2D eigenvalue weighted by atomic mass is 14.1. The first-order chi connectivity index (χ1) is 12.6. The van der Waals surface area contributed by atoms with E-state index in [2.05, 4.69) is 98.4 Å². The third-order valence-corrected chi connectivity index (χ3v) is 4.91. The topological polar surface area (TPSA) is 0 Å². The van der Waals surface area contributed by atoms with E-state index < -0.39 is 0 Å². The third-order valence-electron chi connectivity index (χ3n) is 4.91. The second-order valence-corrected chi connectivity index (χ2v) is 7.00. The van der Waals surface area contributed by atoms with Gasteiger partial charge in [0.2, 0.25) is 0 Å². The van der Waals surface area contributed by atoms with E-state index in [1.54, 1.807) is 0 Å². The summed E-state index contributed by atoms with van der Waals surface area (Å²) in [4.78, 5) is 0. The highest BCUT2D eigenvalue weighted by Gasteiger charge is 2.04. The molecule has 0 N–H and O–H groups in total. The van der Waals surface area contributed by atoms with E-state index in [0.29, 0.717) is 0 Å². The summed E-state index contributed by atoms with van der Waals surface area (Å²) in [7, 11) is 0. The molecule has 0 aromatic heterocycles. The number of benzene rings is 4. The molecule has 4 aromatic rings. The van der Waals surface area contributed by atoms with Gasteiger partial charge in [0.05, 0.1) is 0 Å². The molecule has 0 heterocycles. The highest BCUT2D eigenvalue weighted by Crippen LogP contribution is 2.29. The van der Waals surface area contributed by atoms with Gasteiger partial charge in [-0.2, -0.15) is 0 Å². The number of rotatable bonds is 3. The molecular formula is C26H22. The SMILES string of the molecule is C=C(C)c1cccc(-c2ccc3cc(-c4ccc(C)cc4)ccc3c2)c1. The summed E-state index contributed by atoms with van der Waals surface area (Å²) in [5.74, 6) is 0. The molecule has 0 aliphatic carbocycles. The fourth-order valence-electron chi connectivity index (χ4n) is 3.32. The summed E-state index contributed by atoms with van der Waals surface area (Å²) in [6, 6.07) is 30.7. The number of hydrogen-bond donors (Lipinski definition) is 0. The van der Waals surface area contributed by atoms with Crippen LogP contribution in [-0.2, 0) is 0 Å². The van der Waals surface area contributed by atoms with Crippen LogP contribution in [0.3, 0.4) is 0 Å². The first kappa shape index (κ1) is 16.4. The number of hydrogen-bond acceptors (Lipinski definition) is 0. The van der Waals surface area contributed by atoms with Crippen LogP contribution in [0.2, 0.25) is 0 Å². The molecular weight excluding hydrogens is 312 g/mol. The summed E-state index contributed by atoms with van der Waals surface area (Å²) in [6.07, 6.45) is 0. The van der Waals surface area contributed by atoms with Crippen LogP contribution >= 0.6 is 0 Å². The molecule has 0 unspecified atom stereocenters. The molecule has 0 bridgehead atoms. The van der Waals surface area contributed by atoms with Gasteiger partial charge in [0, 0.05) is 0 Å². The van der Waals surface area contributed by atoms with Crippen molar-refractivity contribution in [2.45, 2.75) is 13.8 Å². The number of fused-ring (bicyclic) bond motifs is 1. The molecule has 0 aliphatic rings. The Labute approximate surface area is 155 Å². The predicted octanol–water partition coefficient (Wildman–Crippen LogP) is 7.52. The van der Waals surface area contributed by atoms with E-state index in [1.807, 2.05) is 6.92 Å². The van der Waals surface area contributed by atoms with E-state index in [4.69, 9.17) is 0 Å². The van der Waals surface area contributed by atoms with E-state index in [1.165, 1.54) is 44.2 Å². The zero-order valence-corrected chi connectivity index (χ0v) is 15.3. The molecule has 4 aromatic carbocycles. The van der Waals surface area contributed by atoms with Crippen molar-refractivity contribution in [2.24, 2.45) is 0 Å². The van der Waals surface area contributed by atoms with Crippen LogP contribution in [0.25, 0.3) is 38.6 Å². The van der Waals surface area contributed by atoms with E-state index in [9.17, 15) is 0 Å². The minimum atomic E-state index is 1.09. The molecule has 0 amide bonds. The minimum Gasteiger partial charge on any atom is -0.0955 e. The smallest absolute Gasteiger partial charge is 0.0177 e. The second kappa shape index (κ2) is 6.65. The molecule has 0 radical (unpaired) electrons. The van der Waals surface area contributed by atoms with Crippen molar-refractivity contribution in [1.29, 1.82) is 0 Å². The Balaban J connectivity index is 1.74. The predicted molar refractivity (Wildman–Crippen MR) is 114 cm³/mol. The summed E-state index contributed by atoms with van der Waals surface area (Å²) < 4.78 is 0. The lowest BCUT2D eigenvalue weighted by molar-refractivity contribution is 1.47. The molecule has 0 aliphatic heterocycles. The minimum absolute atomic E-state index is 1.09. The van der Waals surface area contributed by atoms with Crippen LogP contribution in [-0.4, -0.2) is 0 Å². The zero-order valence-electron chi connectivity index (χ0n) is 15.3. The monoisotopic (exact) mass is 334 g/mol. The lowest BCUT2D eigenvalue weighted by Crippen LogP contribution is -1.84. The van der Waals surface area contributed by atoms with E-state index >= 15 is 0 Å². The summed E-state index contributed by atoms with van der Waals surface area (Å²) in [5.41, 5.74) is 8.56. The van der Waals surface area contributed by atoms with Crippen molar-refractivity contribution < 1.29 is 0 Å². The molecule has 0 saturated carbocycles. The van der Waals surface area contributed by atoms with Crippen LogP contribution in [0.5, 0.6) is 0 Å². The van der Waals surface area contributed by atoms with E-state index in [-0.39, 0.29) is 0 Å². The van der Waals surface area contributed by atoms with Gasteiger partial charge in [-0.1, -0.05) is 84.4 Å². The Morgan fingerprint density at radius 3 is 1.77 bits per heavy atom. The van der Waals surface area contributed by atoms with Crippen LogP contribution in [0, 0.1) is 6.92 Å². The Morgan fingerprint density at radius 1 is 0.615 bits per heavy atom. The van der Waals surface area contributed by atoms with Gasteiger partial charge in [0.25, 0.3) is 0 Å². The lowest BCUT2D eigenvalue weighted by atomic mass is 9.96. The average molecular weight is 334 g/mol. The van der Waals surface area contributed by atoms with E-state index in [0.717, 1.165) is 5.57 Å². The van der Waals surface area contributed by atoms with Crippen molar-refractivity contribution >= 4 is 16.3 Å². The molecule has 0 nitrogen and oxygen atoms in total. The molecule has 4 rings (SSSR count). The van der Waals surface area contributed by atoms with Crippen LogP contribution in [0.4, 0.5) is 0 Å². The van der Waals surface area contributed by atoms with Gasteiger partial charge in [-0.25, -0.2) is 0 Å². The fraction of sp³-hybridized carbons (Fsp3) is 0.0769. The van der Waals surface area contributed by atoms with Gasteiger partial charge in [-0.3, -0.25) is 0 Å². The van der Waals surface area contributed by atoms with Gasteiger partial charge in [0.1, 0.15) is 0 Å². The first-order valence-corrected chi connectivity index (χ1v) is 8.97. The molecule has 0 heteroatoms. The lowest BCUT2D eigenvalue weighted by Gasteiger charge is -2.09. The molecule has 0 spiro atoms. The Hall–Kier alpha value is -3.12. The Kier molecular flexibility index (Phi) is 4.18. The first-order valence-electron chi connectivity index (χ1n) is 8.97. The Morgan fingerprint density at radius 2 is 1.15 bits per heavy atom. The molecule has 0 fully saturated rings. The molecule has 0 saturated heterocycles. The van der Waals surface area contributed by atoms with Crippen LogP contribution in [0.1, 0.15) is 18.1 Å². The standard InChI is InChI=1S/C26H22/c1-18(2)21-5-4-6-22(15-21)24-13-14-25-16-23(11-12-26(25)17-24)20-9-7-19(3)8-10-20/h4-17H,1H2,2-3H3. The maximum absolute atomic E-state index is 4.05. The van der Waals surface area contributed by atoms with Gasteiger partial charge >= 0.3 is 0 Å². The summed E-state index contributed by atoms with van der Waals surface area (Å²) in [5, 5.41) is 2.53. The van der Waals surface area contributed by atoms with Gasteiger partial charge in [-0.05, 0) is 70.6 Å². The van der Waals surface area contributed by atoms with Crippen molar-refractivity contribution in [3.05, 3.63) is 103 Å². The maximum atomic E-state index is 4.05. The molecule has 26 heavy (non-hydrogen) atoms. The molecule has 126 valence electrons. The average Bonchev–Trinajstić information content (AvgIpc) is 2.68. The van der Waals surface area contributed by atoms with Crippen molar-refractivity contribution in [3.63, 3.8) is 0 Å². The zero-order chi connectivity index (χ0) is 18.1. The Bertz CT molecular complexity index is 1100. The van der Waals surface area contributed by atoms with Crippen molar-refractivity contribution in [3.8, 4) is 22.3 Å². The quantitative estimate of drug-likeness (QED) is 0.363. The number of aryl methyl sites for hydroxylation is 1. The van der Waals surface area contributed by atoms with Gasteiger partial charge in [-0.15, -0.1) is 0 Å². The second-order valence-electron chi connectivity index (χ2n) is 7.00. The maximum Gasteiger partial charge on any atom is -0.0177 e. The normalized spacial score (nSPS) is 10.8. The van der Waals surface area contributed by atoms with Gasteiger partial charge < -0.3 is 0 Å². The van der Waals surface area contributed by atoms with Crippen molar-refractivity contribution in [2.75, 3.05) is 0 Å². The van der Waals surface area contributed by atoms with Gasteiger partial charge in [0.15, 0.2) is 0 Å². The largest absolute Gasteiger partial charge is 0.0955 e.